The molecule has 29 heavy (non-hydrogen) atoms. The molecule has 0 bridgehead atoms. The summed E-state index contributed by atoms with van der Waals surface area (Å²) in [6.07, 6.45) is 0.483. The van der Waals surface area contributed by atoms with Crippen LogP contribution in [-0.4, -0.2) is 39.1 Å². The minimum atomic E-state index is -3.86. The van der Waals surface area contributed by atoms with Gasteiger partial charge in [-0.1, -0.05) is 19.9 Å². The molecular formula is C19H34O8P2. The second-order valence-corrected chi connectivity index (χ2v) is 11.0. The fourth-order valence-electron chi connectivity index (χ4n) is 3.22. The summed E-state index contributed by atoms with van der Waals surface area (Å²) in [6, 6.07) is 3.51. The lowest BCUT2D eigenvalue weighted by Gasteiger charge is -2.30. The van der Waals surface area contributed by atoms with Crippen molar-refractivity contribution < 1.29 is 36.9 Å². The summed E-state index contributed by atoms with van der Waals surface area (Å²) >= 11 is 0. The number of phosphoric acid groups is 1. The van der Waals surface area contributed by atoms with Crippen molar-refractivity contribution in [3.05, 3.63) is 28.8 Å². The van der Waals surface area contributed by atoms with E-state index in [9.17, 15) is 14.2 Å². The predicted molar refractivity (Wildman–Crippen MR) is 113 cm³/mol. The van der Waals surface area contributed by atoms with Gasteiger partial charge in [-0.25, -0.2) is 4.57 Å². The van der Waals surface area contributed by atoms with Crippen LogP contribution in [0.5, 0.6) is 5.75 Å². The Morgan fingerprint density at radius 3 is 2.03 bits per heavy atom. The maximum atomic E-state index is 13.0. The van der Waals surface area contributed by atoms with Gasteiger partial charge >= 0.3 is 15.4 Å². The lowest BCUT2D eigenvalue weighted by molar-refractivity contribution is 0.166. The van der Waals surface area contributed by atoms with Gasteiger partial charge in [0.2, 0.25) is 0 Å². The zero-order chi connectivity index (χ0) is 22.3. The maximum Gasteiger partial charge on any atom is 0.530 e. The van der Waals surface area contributed by atoms with Gasteiger partial charge in [-0.15, -0.1) is 0 Å². The summed E-state index contributed by atoms with van der Waals surface area (Å²) in [5, 5.41) is 9.50. The Morgan fingerprint density at radius 1 is 1.03 bits per heavy atom. The number of hydrogen-bond acceptors (Lipinski definition) is 8. The van der Waals surface area contributed by atoms with Gasteiger partial charge in [0.1, 0.15) is 5.75 Å². The van der Waals surface area contributed by atoms with E-state index in [0.717, 1.165) is 11.1 Å². The highest BCUT2D eigenvalue weighted by molar-refractivity contribution is 7.53. The zero-order valence-corrected chi connectivity index (χ0v) is 20.2. The molecule has 0 atom stereocenters. The van der Waals surface area contributed by atoms with Crippen LogP contribution in [0.15, 0.2) is 12.1 Å². The lowest BCUT2D eigenvalue weighted by Crippen LogP contribution is -2.22. The molecule has 168 valence electrons. The van der Waals surface area contributed by atoms with Crippen molar-refractivity contribution in [1.82, 2.24) is 0 Å². The molecule has 0 unspecified atom stereocenters. The fourth-order valence-corrected chi connectivity index (χ4v) is 5.45. The van der Waals surface area contributed by atoms with E-state index in [-0.39, 0.29) is 26.0 Å². The monoisotopic (exact) mass is 452 g/mol. The minimum absolute atomic E-state index is 0.0193. The molecule has 0 saturated carbocycles. The molecule has 0 aliphatic carbocycles. The van der Waals surface area contributed by atoms with Crippen molar-refractivity contribution in [2.24, 2.45) is 0 Å². The van der Waals surface area contributed by atoms with E-state index in [1.165, 1.54) is 14.2 Å². The number of phosphoric ester groups is 1. The first-order valence-corrected chi connectivity index (χ1v) is 12.7. The molecule has 0 fully saturated rings. The molecule has 0 aliphatic rings. The van der Waals surface area contributed by atoms with Crippen LogP contribution in [0.25, 0.3) is 0 Å². The van der Waals surface area contributed by atoms with Gasteiger partial charge < -0.3 is 18.7 Å². The molecule has 1 N–H and O–H groups in total. The highest BCUT2D eigenvalue weighted by atomic mass is 31.2. The molecular weight excluding hydrogens is 418 g/mol. The second kappa shape index (κ2) is 11.1. The van der Waals surface area contributed by atoms with E-state index < -0.39 is 20.8 Å². The molecule has 0 saturated heterocycles. The van der Waals surface area contributed by atoms with Gasteiger partial charge in [0.05, 0.1) is 19.4 Å². The van der Waals surface area contributed by atoms with E-state index >= 15 is 0 Å². The van der Waals surface area contributed by atoms with Gasteiger partial charge in [-0.05, 0) is 49.8 Å². The molecule has 0 amide bonds. The highest BCUT2D eigenvalue weighted by Gasteiger charge is 2.34. The Bertz CT molecular complexity index is 745. The van der Waals surface area contributed by atoms with Crippen molar-refractivity contribution in [3.8, 4) is 5.75 Å². The van der Waals surface area contributed by atoms with Gasteiger partial charge in [-0.2, -0.15) is 0 Å². The van der Waals surface area contributed by atoms with Crippen molar-refractivity contribution >= 4 is 15.4 Å². The van der Waals surface area contributed by atoms with Crippen LogP contribution in [-0.2, 0) is 38.8 Å². The second-order valence-electron chi connectivity index (χ2n) is 7.15. The van der Waals surface area contributed by atoms with Gasteiger partial charge in [0.25, 0.3) is 0 Å². The van der Waals surface area contributed by atoms with Crippen LogP contribution < -0.4 is 4.52 Å². The van der Waals surface area contributed by atoms with Crippen molar-refractivity contribution in [3.63, 3.8) is 0 Å². The van der Waals surface area contributed by atoms with E-state index in [1.54, 1.807) is 19.9 Å². The molecule has 0 aromatic heterocycles. The van der Waals surface area contributed by atoms with Crippen LogP contribution in [0.2, 0.25) is 0 Å². The molecule has 0 heterocycles. The Hall–Kier alpha value is -0.720. The van der Waals surface area contributed by atoms with Gasteiger partial charge in [0, 0.05) is 26.4 Å². The van der Waals surface area contributed by atoms with Crippen LogP contribution in [0.1, 0.15) is 50.8 Å². The summed E-state index contributed by atoms with van der Waals surface area (Å²) in [7, 11) is -4.52. The third-order valence-corrected chi connectivity index (χ3v) is 7.92. The first-order chi connectivity index (χ1) is 13.5. The van der Waals surface area contributed by atoms with Crippen LogP contribution in [0, 0.1) is 6.92 Å². The normalized spacial score (nSPS) is 13.0. The van der Waals surface area contributed by atoms with Crippen molar-refractivity contribution in [2.75, 3.05) is 34.0 Å². The summed E-state index contributed by atoms with van der Waals surface area (Å²) in [5.41, 5.74) is 1.74. The fraction of sp³-hybridized carbons (Fsp3) is 0.684. The molecule has 0 radical (unpaired) electrons. The first-order valence-electron chi connectivity index (χ1n) is 9.53. The van der Waals surface area contributed by atoms with E-state index in [2.05, 4.69) is 0 Å². The van der Waals surface area contributed by atoms with E-state index in [0.29, 0.717) is 17.7 Å². The topological polar surface area (TPSA) is 101 Å². The number of aliphatic hydroxyl groups excluding tert-OH is 1. The first kappa shape index (κ1) is 26.3. The molecule has 0 aliphatic heterocycles. The Balaban J connectivity index is 3.57. The standard InChI is InChI=1S/C19H34O8P2/c1-8-25-29(22,26-9-2)27-17-13-16(14-28(21,23-6)24-7)12-15(3)18(17)19(4,5)10-11-20/h12-13,20H,8-11,14H2,1-7H3. The van der Waals surface area contributed by atoms with Crippen LogP contribution >= 0.6 is 15.4 Å². The molecule has 0 spiro atoms. The zero-order valence-electron chi connectivity index (χ0n) is 18.4. The van der Waals surface area contributed by atoms with Gasteiger partial charge in [0.15, 0.2) is 0 Å². The number of rotatable bonds is 13. The average Bonchev–Trinajstić information content (AvgIpc) is 2.61. The van der Waals surface area contributed by atoms with E-state index in [4.69, 9.17) is 22.6 Å². The van der Waals surface area contributed by atoms with E-state index in [1.807, 2.05) is 26.8 Å². The number of aliphatic hydroxyl groups is 1. The molecule has 1 rings (SSSR count). The van der Waals surface area contributed by atoms with Crippen LogP contribution in [0.4, 0.5) is 0 Å². The molecule has 10 heteroatoms. The Kier molecular flexibility index (Phi) is 10.0. The number of benzene rings is 1. The maximum absolute atomic E-state index is 13.0. The highest BCUT2D eigenvalue weighted by Crippen LogP contribution is 2.54. The SMILES string of the molecule is CCOP(=O)(OCC)Oc1cc(CP(=O)(OC)OC)cc(C)c1C(C)(C)CCO. The van der Waals surface area contributed by atoms with Crippen molar-refractivity contribution in [2.45, 2.75) is 52.6 Å². The number of aryl methyl sites for hydroxylation is 1. The van der Waals surface area contributed by atoms with Crippen molar-refractivity contribution in [1.29, 1.82) is 0 Å². The quantitative estimate of drug-likeness (QED) is 0.408. The smallest absolute Gasteiger partial charge is 0.404 e. The minimum Gasteiger partial charge on any atom is -0.404 e. The number of hydrogen-bond donors (Lipinski definition) is 1. The molecule has 1 aromatic rings. The summed E-state index contributed by atoms with van der Waals surface area (Å²) in [4.78, 5) is 0. The summed E-state index contributed by atoms with van der Waals surface area (Å²) in [5.74, 6) is 0.294. The third-order valence-electron chi connectivity index (χ3n) is 4.49. The predicted octanol–water partition coefficient (Wildman–Crippen LogP) is 5.20. The average molecular weight is 452 g/mol. The van der Waals surface area contributed by atoms with Crippen LogP contribution in [0.3, 0.4) is 0 Å². The third kappa shape index (κ3) is 7.18. The Morgan fingerprint density at radius 2 is 1.59 bits per heavy atom. The summed E-state index contributed by atoms with van der Waals surface area (Å²) < 4.78 is 52.1. The molecule has 8 nitrogen and oxygen atoms in total. The largest absolute Gasteiger partial charge is 0.530 e. The lowest BCUT2D eigenvalue weighted by atomic mass is 9.78. The Labute approximate surface area is 174 Å². The summed E-state index contributed by atoms with van der Waals surface area (Å²) in [6.45, 7) is 9.45. The molecule has 1 aromatic carbocycles. The van der Waals surface area contributed by atoms with Gasteiger partial charge in [-0.3, -0.25) is 13.6 Å².